The van der Waals surface area contributed by atoms with Crippen LogP contribution in [0.5, 0.6) is 5.75 Å². The van der Waals surface area contributed by atoms with E-state index in [-0.39, 0.29) is 24.9 Å². The summed E-state index contributed by atoms with van der Waals surface area (Å²) in [6.07, 6.45) is 0.663. The van der Waals surface area contributed by atoms with Gasteiger partial charge in [0.15, 0.2) is 6.61 Å². The first-order chi connectivity index (χ1) is 14.4. The van der Waals surface area contributed by atoms with E-state index in [1.807, 2.05) is 0 Å². The molecule has 2 rings (SSSR count). The molecule has 2 aromatic carbocycles. The van der Waals surface area contributed by atoms with E-state index in [1.54, 1.807) is 50.4 Å². The second kappa shape index (κ2) is 12.1. The first-order valence-corrected chi connectivity index (χ1v) is 9.98. The molecule has 0 aliphatic rings. The molecular formula is C22H26ClFN2O4. The first-order valence-electron chi connectivity index (χ1n) is 9.60. The average Bonchev–Trinajstić information content (AvgIpc) is 2.75. The van der Waals surface area contributed by atoms with Gasteiger partial charge in [-0.05, 0) is 43.2 Å². The van der Waals surface area contributed by atoms with Crippen LogP contribution < -0.4 is 10.1 Å². The van der Waals surface area contributed by atoms with E-state index in [0.717, 1.165) is 0 Å². The van der Waals surface area contributed by atoms with Crippen LogP contribution in [0.15, 0.2) is 48.5 Å². The largest absolute Gasteiger partial charge is 0.482 e. The third-order valence-corrected chi connectivity index (χ3v) is 4.76. The fraction of sp³-hybridized carbons (Fsp3) is 0.364. The molecule has 1 N–H and O–H groups in total. The maximum Gasteiger partial charge on any atom is 0.261 e. The summed E-state index contributed by atoms with van der Waals surface area (Å²) in [6, 6.07) is 11.9. The first kappa shape index (κ1) is 23.6. The highest BCUT2D eigenvalue weighted by Gasteiger charge is 2.26. The van der Waals surface area contributed by atoms with Gasteiger partial charge in [-0.25, -0.2) is 4.39 Å². The fourth-order valence-electron chi connectivity index (χ4n) is 2.73. The maximum atomic E-state index is 13.2. The van der Waals surface area contributed by atoms with Gasteiger partial charge in [-0.15, -0.1) is 0 Å². The number of methoxy groups -OCH3 is 1. The highest BCUT2D eigenvalue weighted by Crippen LogP contribution is 2.23. The van der Waals surface area contributed by atoms with Gasteiger partial charge in [-0.1, -0.05) is 35.9 Å². The molecular weight excluding hydrogens is 411 g/mol. The number of para-hydroxylation sites is 1. The number of hydrogen-bond acceptors (Lipinski definition) is 4. The van der Waals surface area contributed by atoms with E-state index >= 15 is 0 Å². The monoisotopic (exact) mass is 436 g/mol. The van der Waals surface area contributed by atoms with E-state index in [2.05, 4.69) is 5.32 Å². The summed E-state index contributed by atoms with van der Waals surface area (Å²) >= 11 is 6.07. The molecule has 2 aromatic rings. The number of hydrogen-bond donors (Lipinski definition) is 1. The lowest BCUT2D eigenvalue weighted by molar-refractivity contribution is -0.142. The second-order valence-electron chi connectivity index (χ2n) is 6.68. The van der Waals surface area contributed by atoms with Gasteiger partial charge >= 0.3 is 0 Å². The summed E-state index contributed by atoms with van der Waals surface area (Å²) in [4.78, 5) is 26.9. The van der Waals surface area contributed by atoms with Gasteiger partial charge in [0.1, 0.15) is 17.6 Å². The summed E-state index contributed by atoms with van der Waals surface area (Å²) in [7, 11) is 1.59. The van der Waals surface area contributed by atoms with Crippen LogP contribution in [-0.2, 0) is 20.9 Å². The van der Waals surface area contributed by atoms with Crippen LogP contribution >= 0.6 is 11.6 Å². The topological polar surface area (TPSA) is 67.9 Å². The second-order valence-corrected chi connectivity index (χ2v) is 7.09. The molecule has 0 unspecified atom stereocenters. The Kier molecular flexibility index (Phi) is 9.57. The van der Waals surface area contributed by atoms with Crippen LogP contribution in [0.3, 0.4) is 0 Å². The molecule has 0 aliphatic carbocycles. The minimum absolute atomic E-state index is 0.137. The Balaban J connectivity index is 2.08. The number of amides is 2. The van der Waals surface area contributed by atoms with Gasteiger partial charge in [0, 0.05) is 26.8 Å². The van der Waals surface area contributed by atoms with Crippen LogP contribution in [0, 0.1) is 5.82 Å². The maximum absolute atomic E-state index is 13.2. The van der Waals surface area contributed by atoms with Crippen molar-refractivity contribution in [2.45, 2.75) is 25.9 Å². The molecule has 0 fully saturated rings. The zero-order valence-corrected chi connectivity index (χ0v) is 17.8. The predicted molar refractivity (Wildman–Crippen MR) is 113 cm³/mol. The molecule has 0 heterocycles. The van der Waals surface area contributed by atoms with Crippen molar-refractivity contribution in [3.63, 3.8) is 0 Å². The molecule has 0 aromatic heterocycles. The van der Waals surface area contributed by atoms with Crippen LogP contribution in [0.25, 0.3) is 0 Å². The van der Waals surface area contributed by atoms with Crippen molar-refractivity contribution in [2.75, 3.05) is 26.9 Å². The van der Waals surface area contributed by atoms with Gasteiger partial charge in [-0.2, -0.15) is 0 Å². The molecule has 0 saturated heterocycles. The lowest BCUT2D eigenvalue weighted by Gasteiger charge is -2.28. The van der Waals surface area contributed by atoms with Gasteiger partial charge in [0.2, 0.25) is 5.91 Å². The Hall–Kier alpha value is -2.64. The zero-order valence-electron chi connectivity index (χ0n) is 17.1. The van der Waals surface area contributed by atoms with Crippen LogP contribution in [0.4, 0.5) is 4.39 Å². The van der Waals surface area contributed by atoms with Crippen molar-refractivity contribution >= 4 is 23.4 Å². The Labute approximate surface area is 180 Å². The minimum Gasteiger partial charge on any atom is -0.482 e. The molecule has 0 radical (unpaired) electrons. The molecule has 1 atom stereocenters. The van der Waals surface area contributed by atoms with Crippen molar-refractivity contribution in [2.24, 2.45) is 0 Å². The van der Waals surface area contributed by atoms with Crippen molar-refractivity contribution in [1.82, 2.24) is 10.2 Å². The summed E-state index contributed by atoms with van der Waals surface area (Å²) in [5, 5.41) is 3.18. The van der Waals surface area contributed by atoms with Crippen LogP contribution in [0.2, 0.25) is 5.02 Å². The Morgan fingerprint density at radius 2 is 1.87 bits per heavy atom. The van der Waals surface area contributed by atoms with Crippen molar-refractivity contribution in [1.29, 1.82) is 0 Å². The van der Waals surface area contributed by atoms with E-state index in [0.29, 0.717) is 35.9 Å². The summed E-state index contributed by atoms with van der Waals surface area (Å²) in [5.74, 6) is -0.674. The molecule has 0 aliphatic heterocycles. The number of nitrogens with zero attached hydrogens (tertiary/aromatic N) is 1. The number of halogens is 2. The number of ether oxygens (including phenoxy) is 2. The normalized spacial score (nSPS) is 11.6. The molecule has 162 valence electrons. The molecule has 0 saturated carbocycles. The molecule has 2 amide bonds. The Bertz CT molecular complexity index is 832. The average molecular weight is 437 g/mol. The Morgan fingerprint density at radius 1 is 1.17 bits per heavy atom. The molecule has 6 nitrogen and oxygen atoms in total. The summed E-state index contributed by atoms with van der Waals surface area (Å²) < 4.78 is 23.7. The summed E-state index contributed by atoms with van der Waals surface area (Å²) in [5.41, 5.74) is 0.696. The van der Waals surface area contributed by atoms with E-state index in [9.17, 15) is 14.0 Å². The van der Waals surface area contributed by atoms with Crippen molar-refractivity contribution in [3.8, 4) is 5.75 Å². The fourth-order valence-corrected chi connectivity index (χ4v) is 2.92. The van der Waals surface area contributed by atoms with Gasteiger partial charge < -0.3 is 19.7 Å². The van der Waals surface area contributed by atoms with E-state index in [1.165, 1.54) is 17.0 Å². The number of nitrogens with one attached hydrogen (secondary N) is 1. The summed E-state index contributed by atoms with van der Waals surface area (Å²) in [6.45, 7) is 2.46. The third-order valence-electron chi connectivity index (χ3n) is 4.45. The Morgan fingerprint density at radius 3 is 2.53 bits per heavy atom. The molecule has 0 spiro atoms. The van der Waals surface area contributed by atoms with E-state index < -0.39 is 11.9 Å². The highest BCUT2D eigenvalue weighted by atomic mass is 35.5. The van der Waals surface area contributed by atoms with Crippen molar-refractivity contribution in [3.05, 3.63) is 64.9 Å². The SMILES string of the molecule is COCCCNC(=O)[C@H](C)N(Cc1ccc(F)cc1)C(=O)COc1ccccc1Cl. The quantitative estimate of drug-likeness (QED) is 0.548. The number of carbonyl (C=O) groups is 2. The van der Waals surface area contributed by atoms with E-state index in [4.69, 9.17) is 21.1 Å². The smallest absolute Gasteiger partial charge is 0.261 e. The lowest BCUT2D eigenvalue weighted by Crippen LogP contribution is -2.49. The third kappa shape index (κ3) is 7.31. The lowest BCUT2D eigenvalue weighted by atomic mass is 10.1. The van der Waals surface area contributed by atoms with Gasteiger partial charge in [0.05, 0.1) is 5.02 Å². The van der Waals surface area contributed by atoms with Gasteiger partial charge in [-0.3, -0.25) is 9.59 Å². The number of rotatable bonds is 11. The molecule has 8 heteroatoms. The number of carbonyl (C=O) groups excluding carboxylic acids is 2. The highest BCUT2D eigenvalue weighted by molar-refractivity contribution is 6.32. The van der Waals surface area contributed by atoms with Crippen LogP contribution in [0.1, 0.15) is 18.9 Å². The van der Waals surface area contributed by atoms with Gasteiger partial charge in [0.25, 0.3) is 5.91 Å². The zero-order chi connectivity index (χ0) is 21.9. The predicted octanol–water partition coefficient (Wildman–Crippen LogP) is 3.43. The minimum atomic E-state index is -0.750. The molecule has 30 heavy (non-hydrogen) atoms. The standard InChI is InChI=1S/C22H26ClFN2O4/c1-16(22(28)25-12-5-13-29-2)26(14-17-8-10-18(24)11-9-17)21(27)15-30-20-7-4-3-6-19(20)23/h3-4,6-11,16H,5,12-15H2,1-2H3,(H,25,28)/t16-/m0/s1. The van der Waals surface area contributed by atoms with Crippen molar-refractivity contribution < 1.29 is 23.5 Å². The number of benzene rings is 2. The molecule has 0 bridgehead atoms. The van der Waals surface area contributed by atoms with Crippen LogP contribution in [-0.4, -0.2) is 49.6 Å².